The van der Waals surface area contributed by atoms with Crippen LogP contribution in [0, 0.1) is 0 Å². The molecular weight excluding hydrogens is 296 g/mol. The van der Waals surface area contributed by atoms with Crippen molar-refractivity contribution in [3.05, 3.63) is 23.8 Å². The first-order chi connectivity index (χ1) is 11.0. The third kappa shape index (κ3) is 5.85. The van der Waals surface area contributed by atoms with Gasteiger partial charge in [-0.1, -0.05) is 19.8 Å². The van der Waals surface area contributed by atoms with E-state index in [1.54, 1.807) is 39.5 Å². The molecule has 0 N–H and O–H groups in total. The molecule has 0 radical (unpaired) electrons. The summed E-state index contributed by atoms with van der Waals surface area (Å²) in [6.45, 7) is 4.01. The second-order valence-electron chi connectivity index (χ2n) is 5.17. The Kier molecular flexibility index (Phi) is 8.02. The van der Waals surface area contributed by atoms with Crippen molar-refractivity contribution in [2.24, 2.45) is 0 Å². The fourth-order valence-electron chi connectivity index (χ4n) is 2.13. The molecule has 0 bridgehead atoms. The van der Waals surface area contributed by atoms with Crippen LogP contribution in [0.5, 0.6) is 17.2 Å². The van der Waals surface area contributed by atoms with Gasteiger partial charge in [-0.3, -0.25) is 0 Å². The summed E-state index contributed by atoms with van der Waals surface area (Å²) < 4.78 is 21.1. The number of hydrogen-bond donors (Lipinski definition) is 0. The summed E-state index contributed by atoms with van der Waals surface area (Å²) in [5.41, 5.74) is 0.711. The van der Waals surface area contributed by atoms with Crippen molar-refractivity contribution in [3.8, 4) is 17.2 Å². The van der Waals surface area contributed by atoms with Gasteiger partial charge in [-0.25, -0.2) is 4.79 Å². The van der Waals surface area contributed by atoms with E-state index in [-0.39, 0.29) is 12.1 Å². The summed E-state index contributed by atoms with van der Waals surface area (Å²) in [5, 5.41) is 0. The summed E-state index contributed by atoms with van der Waals surface area (Å²) in [5.74, 6) is 1.35. The molecule has 0 spiro atoms. The lowest BCUT2D eigenvalue weighted by atomic mass is 10.1. The molecule has 0 saturated heterocycles. The SMILES string of the molecule is CCCCC(C)OC(=O)C=Cc1cc(OC)c(OC)cc1OC. The highest BCUT2D eigenvalue weighted by molar-refractivity contribution is 5.88. The number of methoxy groups -OCH3 is 3. The van der Waals surface area contributed by atoms with Crippen LogP contribution in [-0.4, -0.2) is 33.4 Å². The van der Waals surface area contributed by atoms with E-state index >= 15 is 0 Å². The number of hydrogen-bond acceptors (Lipinski definition) is 5. The molecule has 0 saturated carbocycles. The quantitative estimate of drug-likeness (QED) is 0.510. The summed E-state index contributed by atoms with van der Waals surface area (Å²) in [7, 11) is 4.67. The predicted molar refractivity (Wildman–Crippen MR) is 90.2 cm³/mol. The monoisotopic (exact) mass is 322 g/mol. The first kappa shape index (κ1) is 18.9. The van der Waals surface area contributed by atoms with E-state index in [2.05, 4.69) is 6.92 Å². The van der Waals surface area contributed by atoms with Gasteiger partial charge in [-0.2, -0.15) is 0 Å². The molecule has 1 unspecified atom stereocenters. The highest BCUT2D eigenvalue weighted by Gasteiger charge is 2.11. The predicted octanol–water partition coefficient (Wildman–Crippen LogP) is 3.85. The number of ether oxygens (including phenoxy) is 4. The van der Waals surface area contributed by atoms with E-state index in [0.717, 1.165) is 19.3 Å². The van der Waals surface area contributed by atoms with Gasteiger partial charge in [0.1, 0.15) is 5.75 Å². The largest absolute Gasteiger partial charge is 0.496 e. The second-order valence-corrected chi connectivity index (χ2v) is 5.17. The van der Waals surface area contributed by atoms with Gasteiger partial charge >= 0.3 is 5.97 Å². The lowest BCUT2D eigenvalue weighted by Crippen LogP contribution is -2.12. The highest BCUT2D eigenvalue weighted by atomic mass is 16.5. The highest BCUT2D eigenvalue weighted by Crippen LogP contribution is 2.35. The molecule has 1 atom stereocenters. The van der Waals surface area contributed by atoms with Crippen LogP contribution >= 0.6 is 0 Å². The van der Waals surface area contributed by atoms with Crippen molar-refractivity contribution >= 4 is 12.0 Å². The topological polar surface area (TPSA) is 54.0 Å². The number of rotatable bonds is 9. The number of carbonyl (C=O) groups excluding carboxylic acids is 1. The molecule has 0 fully saturated rings. The van der Waals surface area contributed by atoms with Crippen LogP contribution in [0.2, 0.25) is 0 Å². The first-order valence-electron chi connectivity index (χ1n) is 7.74. The molecule has 0 aliphatic heterocycles. The number of esters is 1. The van der Waals surface area contributed by atoms with Crippen molar-refractivity contribution < 1.29 is 23.7 Å². The Morgan fingerprint density at radius 2 is 1.70 bits per heavy atom. The molecule has 0 aliphatic carbocycles. The van der Waals surface area contributed by atoms with Gasteiger partial charge in [0.2, 0.25) is 0 Å². The molecule has 0 aliphatic rings. The molecule has 0 aromatic heterocycles. The van der Waals surface area contributed by atoms with Crippen LogP contribution < -0.4 is 14.2 Å². The standard InChI is InChI=1S/C18H26O5/c1-6-7-8-13(2)23-18(19)10-9-14-11-16(21-4)17(22-5)12-15(14)20-3/h9-13H,6-8H2,1-5H3. The lowest BCUT2D eigenvalue weighted by Gasteiger charge is -2.12. The van der Waals surface area contributed by atoms with E-state index in [4.69, 9.17) is 18.9 Å². The maximum absolute atomic E-state index is 11.9. The van der Waals surface area contributed by atoms with Gasteiger partial charge in [-0.05, 0) is 25.5 Å². The van der Waals surface area contributed by atoms with Crippen molar-refractivity contribution in [3.63, 3.8) is 0 Å². The number of unbranched alkanes of at least 4 members (excludes halogenated alkanes) is 1. The Morgan fingerprint density at radius 1 is 1.09 bits per heavy atom. The minimum Gasteiger partial charge on any atom is -0.496 e. The van der Waals surface area contributed by atoms with Gasteiger partial charge in [-0.15, -0.1) is 0 Å². The zero-order chi connectivity index (χ0) is 17.2. The van der Waals surface area contributed by atoms with Crippen molar-refractivity contribution in [2.45, 2.75) is 39.2 Å². The summed E-state index contributed by atoms with van der Waals surface area (Å²) in [6, 6.07) is 3.47. The number of benzene rings is 1. The molecule has 1 rings (SSSR count). The average Bonchev–Trinajstić information content (AvgIpc) is 2.57. The summed E-state index contributed by atoms with van der Waals surface area (Å²) >= 11 is 0. The van der Waals surface area contributed by atoms with E-state index in [0.29, 0.717) is 22.8 Å². The molecule has 0 heterocycles. The zero-order valence-electron chi connectivity index (χ0n) is 14.5. The lowest BCUT2D eigenvalue weighted by molar-refractivity contribution is -0.142. The Labute approximate surface area is 138 Å². The van der Waals surface area contributed by atoms with Crippen molar-refractivity contribution in [1.29, 1.82) is 0 Å². The molecule has 0 amide bonds. The maximum atomic E-state index is 11.9. The zero-order valence-corrected chi connectivity index (χ0v) is 14.5. The van der Waals surface area contributed by atoms with E-state index in [9.17, 15) is 4.79 Å². The maximum Gasteiger partial charge on any atom is 0.331 e. The fourth-order valence-corrected chi connectivity index (χ4v) is 2.13. The third-order valence-corrected chi connectivity index (χ3v) is 3.42. The van der Waals surface area contributed by atoms with Gasteiger partial charge in [0, 0.05) is 17.7 Å². The molecule has 1 aromatic carbocycles. The Bertz CT molecular complexity index is 536. The van der Waals surface area contributed by atoms with Gasteiger partial charge in [0.05, 0.1) is 27.4 Å². The summed E-state index contributed by atoms with van der Waals surface area (Å²) in [4.78, 5) is 11.9. The van der Waals surface area contributed by atoms with Crippen molar-refractivity contribution in [2.75, 3.05) is 21.3 Å². The first-order valence-corrected chi connectivity index (χ1v) is 7.74. The van der Waals surface area contributed by atoms with Gasteiger partial charge < -0.3 is 18.9 Å². The number of carbonyl (C=O) groups is 1. The molecule has 5 heteroatoms. The molecular formula is C18H26O5. The smallest absolute Gasteiger partial charge is 0.331 e. The van der Waals surface area contributed by atoms with Gasteiger partial charge in [0.25, 0.3) is 0 Å². The van der Waals surface area contributed by atoms with Crippen molar-refractivity contribution in [1.82, 2.24) is 0 Å². The van der Waals surface area contributed by atoms with Crippen LogP contribution in [-0.2, 0) is 9.53 Å². The van der Waals surface area contributed by atoms with Gasteiger partial charge in [0.15, 0.2) is 11.5 Å². The fraction of sp³-hybridized carbons (Fsp3) is 0.500. The minimum absolute atomic E-state index is 0.0839. The minimum atomic E-state index is -0.370. The molecule has 1 aromatic rings. The molecule has 5 nitrogen and oxygen atoms in total. The van der Waals surface area contributed by atoms with E-state index in [1.807, 2.05) is 6.92 Å². The Hall–Kier alpha value is -2.17. The van der Waals surface area contributed by atoms with E-state index in [1.165, 1.54) is 6.08 Å². The van der Waals surface area contributed by atoms with Crippen LogP contribution in [0.3, 0.4) is 0 Å². The third-order valence-electron chi connectivity index (χ3n) is 3.42. The Morgan fingerprint density at radius 3 is 2.26 bits per heavy atom. The van der Waals surface area contributed by atoms with Crippen LogP contribution in [0.1, 0.15) is 38.7 Å². The van der Waals surface area contributed by atoms with Crippen LogP contribution in [0.4, 0.5) is 0 Å². The molecule has 128 valence electrons. The van der Waals surface area contributed by atoms with Crippen LogP contribution in [0.25, 0.3) is 6.08 Å². The molecule has 23 heavy (non-hydrogen) atoms. The van der Waals surface area contributed by atoms with Crippen LogP contribution in [0.15, 0.2) is 18.2 Å². The second kappa shape index (κ2) is 9.77. The normalized spacial score (nSPS) is 12.0. The average molecular weight is 322 g/mol. The van der Waals surface area contributed by atoms with E-state index < -0.39 is 0 Å². The summed E-state index contributed by atoms with van der Waals surface area (Å²) in [6.07, 6.45) is 5.96. The Balaban J connectivity index is 2.84.